The summed E-state index contributed by atoms with van der Waals surface area (Å²) in [4.78, 5) is 30.1. The SMILES string of the molecule is CC(CN(C)C(=O)Nc1cc(N(C)C)c(Br)cn1)C(=O)O. The number of aliphatic carboxylic acids is 1. The van der Waals surface area contributed by atoms with Crippen LogP contribution in [0.2, 0.25) is 0 Å². The van der Waals surface area contributed by atoms with E-state index in [9.17, 15) is 9.59 Å². The molecule has 2 amide bonds. The van der Waals surface area contributed by atoms with Crippen molar-refractivity contribution >= 4 is 39.4 Å². The number of nitrogens with one attached hydrogen (secondary N) is 1. The second-order valence-electron chi connectivity index (χ2n) is 4.97. The summed E-state index contributed by atoms with van der Waals surface area (Å²) in [6.07, 6.45) is 1.60. The van der Waals surface area contributed by atoms with Crippen molar-refractivity contribution in [2.24, 2.45) is 5.92 Å². The first kappa shape index (κ1) is 17.2. The molecular formula is C13H19BrN4O3. The number of amides is 2. The summed E-state index contributed by atoms with van der Waals surface area (Å²) in [5.41, 5.74) is 0.877. The van der Waals surface area contributed by atoms with Crippen LogP contribution in [0.5, 0.6) is 0 Å². The molecule has 1 aromatic rings. The third-order valence-electron chi connectivity index (χ3n) is 2.87. The van der Waals surface area contributed by atoms with Gasteiger partial charge < -0.3 is 14.9 Å². The van der Waals surface area contributed by atoms with Crippen LogP contribution in [-0.4, -0.2) is 54.7 Å². The summed E-state index contributed by atoms with van der Waals surface area (Å²) in [6.45, 7) is 1.67. The second-order valence-corrected chi connectivity index (χ2v) is 5.82. The second kappa shape index (κ2) is 7.26. The Morgan fingerprint density at radius 3 is 2.57 bits per heavy atom. The highest BCUT2D eigenvalue weighted by atomic mass is 79.9. The summed E-state index contributed by atoms with van der Waals surface area (Å²) in [5, 5.41) is 11.5. The van der Waals surface area contributed by atoms with Crippen molar-refractivity contribution in [3.05, 3.63) is 16.7 Å². The smallest absolute Gasteiger partial charge is 0.322 e. The number of carbonyl (C=O) groups is 2. The van der Waals surface area contributed by atoms with E-state index in [2.05, 4.69) is 26.2 Å². The lowest BCUT2D eigenvalue weighted by Gasteiger charge is -2.20. The lowest BCUT2D eigenvalue weighted by Crippen LogP contribution is -2.36. The molecule has 1 aromatic heterocycles. The number of hydrogen-bond donors (Lipinski definition) is 2. The molecule has 0 saturated heterocycles. The number of nitrogens with zero attached hydrogens (tertiary/aromatic N) is 3. The Labute approximate surface area is 132 Å². The third kappa shape index (κ3) is 4.89. The van der Waals surface area contributed by atoms with Gasteiger partial charge in [-0.15, -0.1) is 0 Å². The molecule has 1 rings (SSSR count). The highest BCUT2D eigenvalue weighted by molar-refractivity contribution is 9.10. The third-order valence-corrected chi connectivity index (χ3v) is 3.48. The Bertz CT molecular complexity index is 536. The summed E-state index contributed by atoms with van der Waals surface area (Å²) < 4.78 is 0.818. The average Bonchev–Trinajstić information content (AvgIpc) is 2.40. The molecule has 116 valence electrons. The molecule has 0 radical (unpaired) electrons. The molecule has 0 aromatic carbocycles. The van der Waals surface area contributed by atoms with E-state index in [0.29, 0.717) is 5.82 Å². The van der Waals surface area contributed by atoms with Gasteiger partial charge in [-0.2, -0.15) is 0 Å². The molecule has 0 aliphatic carbocycles. The summed E-state index contributed by atoms with van der Waals surface area (Å²) >= 11 is 3.38. The maximum absolute atomic E-state index is 12.0. The molecule has 1 atom stereocenters. The number of carbonyl (C=O) groups excluding carboxylic acids is 1. The predicted octanol–water partition coefficient (Wildman–Crippen LogP) is 2.09. The number of carboxylic acid groups (broad SMARTS) is 1. The predicted molar refractivity (Wildman–Crippen MR) is 84.7 cm³/mol. The van der Waals surface area contributed by atoms with E-state index < -0.39 is 17.9 Å². The molecule has 0 aliphatic heterocycles. The van der Waals surface area contributed by atoms with Crippen LogP contribution in [0, 0.1) is 5.92 Å². The maximum atomic E-state index is 12.0. The minimum absolute atomic E-state index is 0.123. The number of anilines is 2. The van der Waals surface area contributed by atoms with Gasteiger partial charge in [0.1, 0.15) is 5.82 Å². The zero-order valence-corrected chi connectivity index (χ0v) is 14.0. The van der Waals surface area contributed by atoms with Gasteiger partial charge in [0.15, 0.2) is 0 Å². The molecule has 0 spiro atoms. The van der Waals surface area contributed by atoms with Gasteiger partial charge in [-0.3, -0.25) is 10.1 Å². The van der Waals surface area contributed by atoms with E-state index in [-0.39, 0.29) is 6.54 Å². The van der Waals surface area contributed by atoms with E-state index in [1.54, 1.807) is 26.2 Å². The normalized spacial score (nSPS) is 11.7. The highest BCUT2D eigenvalue weighted by Crippen LogP contribution is 2.26. The Balaban J connectivity index is 2.74. The van der Waals surface area contributed by atoms with Crippen LogP contribution in [0.3, 0.4) is 0 Å². The molecule has 0 bridgehead atoms. The number of pyridine rings is 1. The molecule has 0 fully saturated rings. The first-order valence-corrected chi connectivity index (χ1v) is 7.09. The molecule has 0 saturated carbocycles. The number of aromatic nitrogens is 1. The standard InChI is InChI=1S/C13H19BrN4O3/c1-8(12(19)20)7-18(4)13(21)16-11-5-10(17(2)3)9(14)6-15-11/h5-6,8H,7H2,1-4H3,(H,19,20)(H,15,16,21). The fraction of sp³-hybridized carbons (Fsp3) is 0.462. The van der Waals surface area contributed by atoms with Crippen LogP contribution in [0.1, 0.15) is 6.92 Å². The molecule has 8 heteroatoms. The molecule has 1 heterocycles. The van der Waals surface area contributed by atoms with Crippen LogP contribution in [0.15, 0.2) is 16.7 Å². The van der Waals surface area contributed by atoms with Crippen LogP contribution in [0.25, 0.3) is 0 Å². The van der Waals surface area contributed by atoms with Crippen LogP contribution in [-0.2, 0) is 4.79 Å². The van der Waals surface area contributed by atoms with Crippen molar-refractivity contribution in [2.75, 3.05) is 37.9 Å². The number of hydrogen-bond acceptors (Lipinski definition) is 4. The van der Waals surface area contributed by atoms with Crippen molar-refractivity contribution in [1.82, 2.24) is 9.88 Å². The Kier molecular flexibility index (Phi) is 5.95. The summed E-state index contributed by atoms with van der Waals surface area (Å²) in [5.74, 6) is -1.16. The zero-order valence-electron chi connectivity index (χ0n) is 12.4. The van der Waals surface area contributed by atoms with Crippen molar-refractivity contribution in [2.45, 2.75) is 6.92 Å². The van der Waals surface area contributed by atoms with E-state index in [0.717, 1.165) is 10.2 Å². The van der Waals surface area contributed by atoms with Gasteiger partial charge in [-0.1, -0.05) is 6.92 Å². The van der Waals surface area contributed by atoms with Crippen LogP contribution < -0.4 is 10.2 Å². The number of urea groups is 1. The van der Waals surface area contributed by atoms with Gasteiger partial charge in [-0.25, -0.2) is 9.78 Å². The summed E-state index contributed by atoms with van der Waals surface area (Å²) in [6, 6.07) is 1.33. The molecule has 7 nitrogen and oxygen atoms in total. The zero-order chi connectivity index (χ0) is 16.2. The lowest BCUT2D eigenvalue weighted by molar-refractivity contribution is -0.141. The van der Waals surface area contributed by atoms with Gasteiger partial charge in [0.25, 0.3) is 0 Å². The fourth-order valence-corrected chi connectivity index (χ4v) is 2.19. The van der Waals surface area contributed by atoms with E-state index in [1.807, 2.05) is 19.0 Å². The molecule has 1 unspecified atom stereocenters. The Hall–Kier alpha value is -1.83. The largest absolute Gasteiger partial charge is 0.481 e. The van der Waals surface area contributed by atoms with Crippen molar-refractivity contribution < 1.29 is 14.7 Å². The number of rotatable bonds is 5. The molecule has 21 heavy (non-hydrogen) atoms. The first-order chi connectivity index (χ1) is 9.72. The minimum Gasteiger partial charge on any atom is -0.481 e. The van der Waals surface area contributed by atoms with E-state index in [4.69, 9.17) is 5.11 Å². The quantitative estimate of drug-likeness (QED) is 0.841. The maximum Gasteiger partial charge on any atom is 0.322 e. The van der Waals surface area contributed by atoms with Gasteiger partial charge >= 0.3 is 12.0 Å². The number of halogens is 1. The van der Waals surface area contributed by atoms with E-state index >= 15 is 0 Å². The van der Waals surface area contributed by atoms with Crippen LogP contribution >= 0.6 is 15.9 Å². The topological polar surface area (TPSA) is 85.8 Å². The Morgan fingerprint density at radius 2 is 2.05 bits per heavy atom. The summed E-state index contributed by atoms with van der Waals surface area (Å²) in [7, 11) is 5.30. The average molecular weight is 359 g/mol. The lowest BCUT2D eigenvalue weighted by atomic mass is 10.2. The minimum atomic E-state index is -0.939. The molecular weight excluding hydrogens is 340 g/mol. The monoisotopic (exact) mass is 358 g/mol. The molecule has 2 N–H and O–H groups in total. The highest BCUT2D eigenvalue weighted by Gasteiger charge is 2.18. The van der Waals surface area contributed by atoms with Gasteiger partial charge in [0, 0.05) is 40.0 Å². The van der Waals surface area contributed by atoms with Crippen molar-refractivity contribution in [3.63, 3.8) is 0 Å². The van der Waals surface area contributed by atoms with Crippen molar-refractivity contribution in [3.8, 4) is 0 Å². The van der Waals surface area contributed by atoms with Crippen LogP contribution in [0.4, 0.5) is 16.3 Å². The first-order valence-electron chi connectivity index (χ1n) is 6.30. The number of carboxylic acids is 1. The fourth-order valence-electron chi connectivity index (χ4n) is 1.62. The van der Waals surface area contributed by atoms with E-state index in [1.165, 1.54) is 4.90 Å². The molecule has 0 aliphatic rings. The van der Waals surface area contributed by atoms with Gasteiger partial charge in [-0.05, 0) is 15.9 Å². The Morgan fingerprint density at radius 1 is 1.43 bits per heavy atom. The van der Waals surface area contributed by atoms with Gasteiger partial charge in [0.2, 0.25) is 0 Å². The van der Waals surface area contributed by atoms with Gasteiger partial charge in [0.05, 0.1) is 16.1 Å². The van der Waals surface area contributed by atoms with Crippen molar-refractivity contribution in [1.29, 1.82) is 0 Å².